The van der Waals surface area contributed by atoms with Crippen LogP contribution in [0.1, 0.15) is 17.3 Å². The van der Waals surface area contributed by atoms with E-state index in [2.05, 4.69) is 21.0 Å². The van der Waals surface area contributed by atoms with Crippen molar-refractivity contribution in [2.24, 2.45) is 0 Å². The van der Waals surface area contributed by atoms with Gasteiger partial charge >= 0.3 is 0 Å². The van der Waals surface area contributed by atoms with Crippen molar-refractivity contribution in [2.75, 3.05) is 0 Å². The van der Waals surface area contributed by atoms with Gasteiger partial charge in [-0.25, -0.2) is 4.68 Å². The topological polar surface area (TPSA) is 34.9 Å². The standard InChI is InChI=1S/C11H8BrClN2O/c1-7(16)11-9(13)3-2-4-10(11)15-6-8(12)5-14-15/h2-6H,1H3. The first-order valence-electron chi connectivity index (χ1n) is 4.59. The molecule has 0 aliphatic heterocycles. The molecular weight excluding hydrogens is 291 g/mol. The van der Waals surface area contributed by atoms with E-state index in [4.69, 9.17) is 11.6 Å². The lowest BCUT2D eigenvalue weighted by Gasteiger charge is -2.08. The Balaban J connectivity index is 2.65. The van der Waals surface area contributed by atoms with E-state index in [1.807, 2.05) is 6.07 Å². The van der Waals surface area contributed by atoms with Gasteiger partial charge in [-0.15, -0.1) is 0 Å². The molecular formula is C11H8BrClN2O. The second kappa shape index (κ2) is 4.39. The van der Waals surface area contributed by atoms with Gasteiger partial charge in [-0.3, -0.25) is 4.79 Å². The third-order valence-electron chi connectivity index (χ3n) is 2.14. The molecule has 0 aliphatic rings. The first-order chi connectivity index (χ1) is 7.59. The number of carbonyl (C=O) groups is 1. The molecule has 2 rings (SSSR count). The summed E-state index contributed by atoms with van der Waals surface area (Å²) in [5, 5.41) is 4.57. The van der Waals surface area contributed by atoms with Gasteiger partial charge in [0.25, 0.3) is 0 Å². The molecule has 5 heteroatoms. The molecule has 0 fully saturated rings. The highest BCUT2D eigenvalue weighted by atomic mass is 79.9. The van der Waals surface area contributed by atoms with E-state index >= 15 is 0 Å². The van der Waals surface area contributed by atoms with Crippen molar-refractivity contribution in [3.8, 4) is 5.69 Å². The minimum Gasteiger partial charge on any atom is -0.294 e. The van der Waals surface area contributed by atoms with Crippen LogP contribution in [0.2, 0.25) is 5.02 Å². The molecule has 3 nitrogen and oxygen atoms in total. The quantitative estimate of drug-likeness (QED) is 0.796. The number of hydrogen-bond donors (Lipinski definition) is 0. The maximum absolute atomic E-state index is 11.5. The van der Waals surface area contributed by atoms with Crippen molar-refractivity contribution < 1.29 is 4.79 Å². The van der Waals surface area contributed by atoms with Gasteiger partial charge < -0.3 is 0 Å². The summed E-state index contributed by atoms with van der Waals surface area (Å²) < 4.78 is 2.47. The van der Waals surface area contributed by atoms with Gasteiger partial charge in [0.05, 0.1) is 26.9 Å². The van der Waals surface area contributed by atoms with Crippen molar-refractivity contribution in [3.63, 3.8) is 0 Å². The molecule has 82 valence electrons. The lowest BCUT2D eigenvalue weighted by molar-refractivity contribution is 0.101. The monoisotopic (exact) mass is 298 g/mol. The number of Topliss-reactive ketones (excluding diaryl/α,β-unsaturated/α-hetero) is 1. The van der Waals surface area contributed by atoms with Crippen molar-refractivity contribution in [1.82, 2.24) is 9.78 Å². The summed E-state index contributed by atoms with van der Waals surface area (Å²) in [6, 6.07) is 5.29. The second-order valence-electron chi connectivity index (χ2n) is 3.29. The maximum atomic E-state index is 11.5. The molecule has 0 N–H and O–H groups in total. The zero-order valence-corrected chi connectivity index (χ0v) is 10.8. The fourth-order valence-corrected chi connectivity index (χ4v) is 2.07. The van der Waals surface area contributed by atoms with Gasteiger partial charge in [0.1, 0.15) is 0 Å². The van der Waals surface area contributed by atoms with Crippen LogP contribution in [0, 0.1) is 0 Å². The number of aromatic nitrogens is 2. The first-order valence-corrected chi connectivity index (χ1v) is 5.76. The van der Waals surface area contributed by atoms with E-state index in [0.29, 0.717) is 16.3 Å². The largest absolute Gasteiger partial charge is 0.294 e. The Bertz CT molecular complexity index is 551. The van der Waals surface area contributed by atoms with Crippen LogP contribution in [0.3, 0.4) is 0 Å². The number of ketones is 1. The number of rotatable bonds is 2. The number of halogens is 2. The summed E-state index contributed by atoms with van der Waals surface area (Å²) >= 11 is 9.32. The molecule has 0 atom stereocenters. The summed E-state index contributed by atoms with van der Waals surface area (Å²) in [6.45, 7) is 1.49. The van der Waals surface area contributed by atoms with E-state index in [1.54, 1.807) is 29.2 Å². The third-order valence-corrected chi connectivity index (χ3v) is 2.87. The number of nitrogens with zero attached hydrogens (tertiary/aromatic N) is 2. The average molecular weight is 300 g/mol. The Labute approximate surface area is 106 Å². The van der Waals surface area contributed by atoms with Crippen molar-refractivity contribution in [1.29, 1.82) is 0 Å². The number of carbonyl (C=O) groups excluding carboxylic acids is 1. The van der Waals surface area contributed by atoms with Gasteiger partial charge in [0.15, 0.2) is 5.78 Å². The van der Waals surface area contributed by atoms with Crippen molar-refractivity contribution >= 4 is 33.3 Å². The fraction of sp³-hybridized carbons (Fsp3) is 0.0909. The third kappa shape index (κ3) is 2.03. The number of benzene rings is 1. The molecule has 16 heavy (non-hydrogen) atoms. The molecule has 0 amide bonds. The summed E-state index contributed by atoms with van der Waals surface area (Å²) in [7, 11) is 0. The molecule has 0 radical (unpaired) electrons. The van der Waals surface area contributed by atoms with Crippen LogP contribution in [0.4, 0.5) is 0 Å². The zero-order valence-electron chi connectivity index (χ0n) is 8.45. The Hall–Kier alpha value is -1.13. The molecule has 0 saturated heterocycles. The Morgan fingerprint density at radius 1 is 1.50 bits per heavy atom. The minimum absolute atomic E-state index is 0.0766. The summed E-state index contributed by atoms with van der Waals surface area (Å²) in [4.78, 5) is 11.5. The molecule has 0 bridgehead atoms. The summed E-state index contributed by atoms with van der Waals surface area (Å²) in [5.41, 5.74) is 1.17. The zero-order chi connectivity index (χ0) is 11.7. The highest BCUT2D eigenvalue weighted by Crippen LogP contribution is 2.24. The predicted molar refractivity (Wildman–Crippen MR) is 66.3 cm³/mol. The molecule has 1 aromatic carbocycles. The molecule has 1 heterocycles. The van der Waals surface area contributed by atoms with Gasteiger partial charge in [-0.1, -0.05) is 17.7 Å². The van der Waals surface area contributed by atoms with Gasteiger partial charge in [-0.2, -0.15) is 5.10 Å². The van der Waals surface area contributed by atoms with Crippen LogP contribution in [0.25, 0.3) is 5.69 Å². The van der Waals surface area contributed by atoms with E-state index in [1.165, 1.54) is 6.92 Å². The molecule has 2 aromatic rings. The van der Waals surface area contributed by atoms with E-state index in [-0.39, 0.29) is 5.78 Å². The van der Waals surface area contributed by atoms with Gasteiger partial charge in [0, 0.05) is 6.20 Å². The lowest BCUT2D eigenvalue weighted by atomic mass is 10.1. The Morgan fingerprint density at radius 3 is 2.81 bits per heavy atom. The summed E-state index contributed by atoms with van der Waals surface area (Å²) in [6.07, 6.45) is 3.43. The average Bonchev–Trinajstić information content (AvgIpc) is 2.63. The van der Waals surface area contributed by atoms with E-state index in [9.17, 15) is 4.79 Å². The molecule has 0 aliphatic carbocycles. The second-order valence-corrected chi connectivity index (χ2v) is 4.62. The Kier molecular flexibility index (Phi) is 3.12. The highest BCUT2D eigenvalue weighted by Gasteiger charge is 2.13. The molecule has 0 spiro atoms. The van der Waals surface area contributed by atoms with Gasteiger partial charge in [0.2, 0.25) is 0 Å². The fourth-order valence-electron chi connectivity index (χ4n) is 1.48. The van der Waals surface area contributed by atoms with E-state index < -0.39 is 0 Å². The van der Waals surface area contributed by atoms with Crippen LogP contribution in [0.15, 0.2) is 35.1 Å². The van der Waals surface area contributed by atoms with Crippen LogP contribution >= 0.6 is 27.5 Å². The normalized spacial score (nSPS) is 10.4. The van der Waals surface area contributed by atoms with Crippen molar-refractivity contribution in [2.45, 2.75) is 6.92 Å². The van der Waals surface area contributed by atoms with Crippen molar-refractivity contribution in [3.05, 3.63) is 45.7 Å². The highest BCUT2D eigenvalue weighted by molar-refractivity contribution is 9.10. The smallest absolute Gasteiger partial charge is 0.163 e. The SMILES string of the molecule is CC(=O)c1c(Cl)cccc1-n1cc(Br)cn1. The van der Waals surface area contributed by atoms with Gasteiger partial charge in [-0.05, 0) is 35.0 Å². The molecule has 0 saturated carbocycles. The van der Waals surface area contributed by atoms with Crippen LogP contribution in [-0.4, -0.2) is 15.6 Å². The van der Waals surface area contributed by atoms with Crippen LogP contribution in [-0.2, 0) is 0 Å². The summed E-state index contributed by atoms with van der Waals surface area (Å²) in [5.74, 6) is -0.0766. The van der Waals surface area contributed by atoms with Crippen LogP contribution in [0.5, 0.6) is 0 Å². The van der Waals surface area contributed by atoms with E-state index in [0.717, 1.165) is 4.47 Å². The minimum atomic E-state index is -0.0766. The Morgan fingerprint density at radius 2 is 2.25 bits per heavy atom. The molecule has 0 unspecified atom stereocenters. The maximum Gasteiger partial charge on any atom is 0.163 e. The molecule has 1 aromatic heterocycles. The number of hydrogen-bond acceptors (Lipinski definition) is 2. The lowest BCUT2D eigenvalue weighted by Crippen LogP contribution is -2.04. The first kappa shape index (κ1) is 11.4. The predicted octanol–water partition coefficient (Wildman–Crippen LogP) is 3.49. The van der Waals surface area contributed by atoms with Crippen LogP contribution < -0.4 is 0 Å².